The van der Waals surface area contributed by atoms with Crippen LogP contribution in [0.4, 0.5) is 10.5 Å². The van der Waals surface area contributed by atoms with Gasteiger partial charge in [0.05, 0.1) is 17.2 Å². The van der Waals surface area contributed by atoms with Gasteiger partial charge in [0.15, 0.2) is 0 Å². The van der Waals surface area contributed by atoms with Crippen LogP contribution in [0.3, 0.4) is 0 Å². The molecule has 4 N–H and O–H groups in total. The summed E-state index contributed by atoms with van der Waals surface area (Å²) in [6.45, 7) is 7.05. The fourth-order valence-corrected chi connectivity index (χ4v) is 5.30. The van der Waals surface area contributed by atoms with Crippen LogP contribution in [0.1, 0.15) is 86.4 Å². The van der Waals surface area contributed by atoms with Crippen molar-refractivity contribution in [2.45, 2.75) is 89.6 Å². The number of ether oxygens (including phenoxy) is 1. The van der Waals surface area contributed by atoms with E-state index >= 15 is 0 Å². The second-order valence-corrected chi connectivity index (χ2v) is 11.5. The van der Waals surface area contributed by atoms with Crippen LogP contribution in [0, 0.1) is 0 Å². The number of carbonyl (C=O) groups excluding carboxylic acids is 5. The van der Waals surface area contributed by atoms with Gasteiger partial charge >= 0.3 is 6.09 Å². The van der Waals surface area contributed by atoms with Gasteiger partial charge in [0.25, 0.3) is 11.8 Å². The zero-order valence-corrected chi connectivity index (χ0v) is 23.3. The number of nitrogens with one attached hydrogen (secondary N) is 3. The summed E-state index contributed by atoms with van der Waals surface area (Å²) < 4.78 is 5.28. The van der Waals surface area contributed by atoms with Crippen molar-refractivity contribution in [3.05, 3.63) is 29.3 Å². The molecular formula is C28H39N5O7. The molecule has 1 aromatic carbocycles. The highest BCUT2D eigenvalue weighted by molar-refractivity contribution is 6.25. The number of nitrogens with zero attached hydrogens (tertiary/aromatic N) is 2. The minimum absolute atomic E-state index is 0.0609. The zero-order chi connectivity index (χ0) is 29.0. The Morgan fingerprint density at radius 3 is 2.58 bits per heavy atom. The van der Waals surface area contributed by atoms with Gasteiger partial charge in [0.2, 0.25) is 11.8 Å². The fourth-order valence-electron chi connectivity index (χ4n) is 5.30. The van der Waals surface area contributed by atoms with E-state index in [2.05, 4.69) is 16.0 Å². The number of imide groups is 1. The lowest BCUT2D eigenvalue weighted by atomic mass is 10.0. The predicted octanol–water partition coefficient (Wildman–Crippen LogP) is 1.98. The minimum atomic E-state index is -0.972. The number of hydrogen-bond acceptors (Lipinski definition) is 8. The lowest BCUT2D eigenvalue weighted by Crippen LogP contribution is -2.55. The van der Waals surface area contributed by atoms with Crippen LogP contribution in [0.5, 0.6) is 0 Å². The smallest absolute Gasteiger partial charge is 0.407 e. The average Bonchev–Trinajstić information content (AvgIpc) is 3.43. The Labute approximate surface area is 233 Å². The van der Waals surface area contributed by atoms with E-state index in [9.17, 15) is 29.1 Å². The lowest BCUT2D eigenvalue weighted by Gasteiger charge is -2.31. The second kappa shape index (κ2) is 12.2. The molecular weight excluding hydrogens is 518 g/mol. The number of aliphatic hydroxyl groups is 1. The number of anilines is 1. The number of carbonyl (C=O) groups is 5. The number of likely N-dealkylation sites (tertiary alicyclic amines) is 1. The molecule has 12 heteroatoms. The third-order valence-electron chi connectivity index (χ3n) is 7.23. The lowest BCUT2D eigenvalue weighted by molar-refractivity contribution is -0.131. The van der Waals surface area contributed by atoms with Crippen LogP contribution >= 0.6 is 0 Å². The minimum Gasteiger partial charge on any atom is -0.444 e. The normalized spacial score (nSPS) is 22.7. The molecule has 3 heterocycles. The summed E-state index contributed by atoms with van der Waals surface area (Å²) >= 11 is 0. The Morgan fingerprint density at radius 1 is 1.07 bits per heavy atom. The van der Waals surface area contributed by atoms with Gasteiger partial charge in [-0.15, -0.1) is 0 Å². The third-order valence-corrected chi connectivity index (χ3v) is 7.23. The number of hydrogen-bond donors (Lipinski definition) is 4. The molecule has 0 saturated carbocycles. The number of alkyl carbamates (subject to hydrolysis) is 1. The standard InChI is InChI=1S/C28H39N5O7/c1-28(2,3)40-27(39)30-17-13-15-32(16-17)22(35)10-5-4-6-14-29-19-9-7-8-18-23(19)26(38)33(25(18)37)20-11-12-21(34)31-24(20)36/h7-9,17,20-21,29,34H,4-6,10-16H2,1-3H3,(H,30,39)(H,31,36)/t17-,20?,21?/m0/s1. The van der Waals surface area contributed by atoms with Gasteiger partial charge in [-0.25, -0.2) is 4.79 Å². The summed E-state index contributed by atoms with van der Waals surface area (Å²) in [4.78, 5) is 65.8. The number of benzene rings is 1. The molecule has 40 heavy (non-hydrogen) atoms. The Kier molecular flexibility index (Phi) is 8.97. The van der Waals surface area contributed by atoms with E-state index in [0.717, 1.165) is 17.7 Å². The average molecular weight is 558 g/mol. The van der Waals surface area contributed by atoms with Crippen LogP contribution in [0.2, 0.25) is 0 Å². The van der Waals surface area contributed by atoms with E-state index in [4.69, 9.17) is 4.74 Å². The van der Waals surface area contributed by atoms with E-state index in [0.29, 0.717) is 44.6 Å². The molecule has 3 atom stereocenters. The maximum atomic E-state index is 13.2. The van der Waals surface area contributed by atoms with Crippen LogP contribution in [-0.4, -0.2) is 88.2 Å². The van der Waals surface area contributed by atoms with Crippen molar-refractivity contribution in [2.24, 2.45) is 0 Å². The molecule has 3 aliphatic heterocycles. The number of aliphatic hydroxyl groups excluding tert-OH is 1. The van der Waals surface area contributed by atoms with Crippen molar-refractivity contribution in [3.8, 4) is 0 Å². The first kappa shape index (κ1) is 29.3. The van der Waals surface area contributed by atoms with E-state index < -0.39 is 41.7 Å². The van der Waals surface area contributed by atoms with E-state index in [1.54, 1.807) is 43.9 Å². The number of piperidine rings is 1. The highest BCUT2D eigenvalue weighted by atomic mass is 16.6. The molecule has 0 aliphatic carbocycles. The first-order chi connectivity index (χ1) is 18.9. The molecule has 5 amide bonds. The molecule has 2 unspecified atom stereocenters. The highest BCUT2D eigenvalue weighted by Gasteiger charge is 2.45. The molecule has 4 rings (SSSR count). The van der Waals surface area contributed by atoms with Crippen LogP contribution < -0.4 is 16.0 Å². The largest absolute Gasteiger partial charge is 0.444 e. The molecule has 0 aromatic heterocycles. The first-order valence-corrected chi connectivity index (χ1v) is 13.9. The topological polar surface area (TPSA) is 157 Å². The summed E-state index contributed by atoms with van der Waals surface area (Å²) in [5.41, 5.74) is 0.472. The molecule has 0 bridgehead atoms. The SMILES string of the molecule is CC(C)(C)OC(=O)N[C@H]1CCN(C(=O)CCCCCNc2cccc3c2C(=O)N(C2CCC(O)NC2=O)C3=O)C1. The maximum Gasteiger partial charge on any atom is 0.407 e. The van der Waals surface area contributed by atoms with E-state index in [1.807, 2.05) is 0 Å². The Bertz CT molecular complexity index is 1160. The number of amides is 5. The molecule has 12 nitrogen and oxygen atoms in total. The molecule has 218 valence electrons. The fraction of sp³-hybridized carbons (Fsp3) is 0.607. The summed E-state index contributed by atoms with van der Waals surface area (Å²) in [6, 6.07) is 3.95. The summed E-state index contributed by atoms with van der Waals surface area (Å²) in [6.07, 6.45) is 2.40. The summed E-state index contributed by atoms with van der Waals surface area (Å²) in [5, 5.41) is 18.1. The van der Waals surface area contributed by atoms with Crippen LogP contribution in [0.25, 0.3) is 0 Å². The van der Waals surface area contributed by atoms with Gasteiger partial charge in [0.1, 0.15) is 17.9 Å². The van der Waals surface area contributed by atoms with Crippen molar-refractivity contribution in [2.75, 3.05) is 25.0 Å². The van der Waals surface area contributed by atoms with Gasteiger partial charge in [-0.05, 0) is 65.0 Å². The van der Waals surface area contributed by atoms with Crippen molar-refractivity contribution in [3.63, 3.8) is 0 Å². The summed E-state index contributed by atoms with van der Waals surface area (Å²) in [5.74, 6) is -1.51. The van der Waals surface area contributed by atoms with Crippen molar-refractivity contribution < 1.29 is 33.8 Å². The van der Waals surface area contributed by atoms with Crippen LogP contribution in [0.15, 0.2) is 18.2 Å². The maximum absolute atomic E-state index is 13.2. The van der Waals surface area contributed by atoms with Crippen LogP contribution in [-0.2, 0) is 14.3 Å². The van der Waals surface area contributed by atoms with Crippen molar-refractivity contribution in [1.29, 1.82) is 0 Å². The van der Waals surface area contributed by atoms with Gasteiger partial charge in [0, 0.05) is 31.7 Å². The third kappa shape index (κ3) is 6.90. The van der Waals surface area contributed by atoms with Gasteiger partial charge in [-0.2, -0.15) is 0 Å². The predicted molar refractivity (Wildman–Crippen MR) is 145 cm³/mol. The summed E-state index contributed by atoms with van der Waals surface area (Å²) in [7, 11) is 0. The Balaban J connectivity index is 1.19. The first-order valence-electron chi connectivity index (χ1n) is 13.9. The van der Waals surface area contributed by atoms with E-state index in [-0.39, 0.29) is 35.9 Å². The van der Waals surface area contributed by atoms with Gasteiger partial charge in [-0.3, -0.25) is 24.1 Å². The molecule has 1 aromatic rings. The molecule has 2 saturated heterocycles. The number of unbranched alkanes of at least 4 members (excludes halogenated alkanes) is 2. The second-order valence-electron chi connectivity index (χ2n) is 11.5. The molecule has 2 fully saturated rings. The van der Waals surface area contributed by atoms with Gasteiger partial charge in [-0.1, -0.05) is 12.5 Å². The zero-order valence-electron chi connectivity index (χ0n) is 23.3. The van der Waals surface area contributed by atoms with Gasteiger partial charge < -0.3 is 30.7 Å². The number of rotatable bonds is 9. The highest BCUT2D eigenvalue weighted by Crippen LogP contribution is 2.32. The van der Waals surface area contributed by atoms with Crippen molar-refractivity contribution in [1.82, 2.24) is 20.4 Å². The molecule has 3 aliphatic rings. The molecule has 0 spiro atoms. The Hall–Kier alpha value is -3.67. The quantitative estimate of drug-likeness (QED) is 0.265. The monoisotopic (exact) mass is 557 g/mol. The Morgan fingerprint density at radius 2 is 1.85 bits per heavy atom. The van der Waals surface area contributed by atoms with Crippen molar-refractivity contribution >= 4 is 35.4 Å². The van der Waals surface area contributed by atoms with E-state index in [1.165, 1.54) is 0 Å². The number of fused-ring (bicyclic) bond motifs is 1. The molecule has 0 radical (unpaired) electrons.